The van der Waals surface area contributed by atoms with E-state index in [2.05, 4.69) is 4.74 Å². The van der Waals surface area contributed by atoms with Gasteiger partial charge < -0.3 is 9.47 Å². The number of para-hydroxylation sites is 1. The molecule has 0 saturated heterocycles. The van der Waals surface area contributed by atoms with E-state index in [4.69, 9.17) is 4.74 Å². The van der Waals surface area contributed by atoms with Crippen molar-refractivity contribution in [2.75, 3.05) is 7.11 Å². The molecule has 0 amide bonds. The van der Waals surface area contributed by atoms with Crippen molar-refractivity contribution in [1.29, 1.82) is 0 Å². The molecule has 0 spiro atoms. The number of esters is 1. The molecule has 4 nitrogen and oxygen atoms in total. The first-order valence-corrected chi connectivity index (χ1v) is 5.65. The summed E-state index contributed by atoms with van der Waals surface area (Å²) in [5, 5.41) is 0. The fourth-order valence-electron chi connectivity index (χ4n) is 1.57. The summed E-state index contributed by atoms with van der Waals surface area (Å²) in [5.74, 6) is 0.616. The van der Waals surface area contributed by atoms with Crippen LogP contribution in [0.4, 0.5) is 0 Å². The van der Waals surface area contributed by atoms with Crippen LogP contribution in [0.3, 0.4) is 0 Å². The number of methoxy groups -OCH3 is 1. The Morgan fingerprint density at radius 1 is 1.05 bits per heavy atom. The van der Waals surface area contributed by atoms with E-state index in [1.54, 1.807) is 48.5 Å². The quantitative estimate of drug-likeness (QED) is 0.623. The highest BCUT2D eigenvalue weighted by Gasteiger charge is 2.06. The van der Waals surface area contributed by atoms with Gasteiger partial charge in [-0.05, 0) is 36.4 Å². The van der Waals surface area contributed by atoms with Crippen molar-refractivity contribution in [2.24, 2.45) is 0 Å². The molecule has 96 valence electrons. The van der Waals surface area contributed by atoms with E-state index in [1.165, 1.54) is 7.11 Å². The molecule has 0 radical (unpaired) electrons. The van der Waals surface area contributed by atoms with Crippen LogP contribution in [-0.4, -0.2) is 19.4 Å². The van der Waals surface area contributed by atoms with Gasteiger partial charge in [0.05, 0.1) is 18.2 Å². The number of carbonyl (C=O) groups excluding carboxylic acids is 2. The largest absolute Gasteiger partial charge is 0.465 e. The molecule has 2 rings (SSSR count). The molecular formula is C15H12O4. The smallest absolute Gasteiger partial charge is 0.337 e. The SMILES string of the molecule is COC(=O)c1ccc(Oc2ccccc2C=O)cc1. The Kier molecular flexibility index (Phi) is 3.93. The van der Waals surface area contributed by atoms with Crippen molar-refractivity contribution in [2.45, 2.75) is 0 Å². The van der Waals surface area contributed by atoms with Gasteiger partial charge >= 0.3 is 5.97 Å². The van der Waals surface area contributed by atoms with Gasteiger partial charge in [0.1, 0.15) is 11.5 Å². The molecule has 19 heavy (non-hydrogen) atoms. The highest BCUT2D eigenvalue weighted by Crippen LogP contribution is 2.24. The predicted molar refractivity (Wildman–Crippen MR) is 69.7 cm³/mol. The monoisotopic (exact) mass is 256 g/mol. The molecular weight excluding hydrogens is 244 g/mol. The van der Waals surface area contributed by atoms with Crippen molar-refractivity contribution in [3.8, 4) is 11.5 Å². The van der Waals surface area contributed by atoms with Crippen LogP contribution in [-0.2, 0) is 4.74 Å². The van der Waals surface area contributed by atoms with Crippen LogP contribution in [0.25, 0.3) is 0 Å². The summed E-state index contributed by atoms with van der Waals surface area (Å²) < 4.78 is 10.2. The standard InChI is InChI=1S/C15H12O4/c1-18-15(17)11-6-8-13(9-7-11)19-14-5-3-2-4-12(14)10-16/h2-10H,1H3. The molecule has 0 N–H and O–H groups in total. The molecule has 0 aliphatic heterocycles. The molecule has 0 bridgehead atoms. The third kappa shape index (κ3) is 2.98. The van der Waals surface area contributed by atoms with Crippen molar-refractivity contribution in [3.63, 3.8) is 0 Å². The molecule has 4 heteroatoms. The molecule has 0 saturated carbocycles. The lowest BCUT2D eigenvalue weighted by Crippen LogP contribution is -2.00. The van der Waals surface area contributed by atoms with Gasteiger partial charge in [-0.2, -0.15) is 0 Å². The Balaban J connectivity index is 2.20. The van der Waals surface area contributed by atoms with E-state index in [-0.39, 0.29) is 0 Å². The average Bonchev–Trinajstić information content (AvgIpc) is 2.48. The fourth-order valence-corrected chi connectivity index (χ4v) is 1.57. The van der Waals surface area contributed by atoms with E-state index < -0.39 is 5.97 Å². The second kappa shape index (κ2) is 5.82. The first kappa shape index (κ1) is 12.8. The van der Waals surface area contributed by atoms with E-state index >= 15 is 0 Å². The van der Waals surface area contributed by atoms with Gasteiger partial charge in [0.25, 0.3) is 0 Å². The van der Waals surface area contributed by atoms with Gasteiger partial charge in [-0.1, -0.05) is 12.1 Å². The Morgan fingerprint density at radius 3 is 2.37 bits per heavy atom. The highest BCUT2D eigenvalue weighted by atomic mass is 16.5. The zero-order chi connectivity index (χ0) is 13.7. The van der Waals surface area contributed by atoms with Gasteiger partial charge in [-0.25, -0.2) is 4.79 Å². The van der Waals surface area contributed by atoms with E-state index in [0.717, 1.165) is 6.29 Å². The molecule has 0 atom stereocenters. The minimum atomic E-state index is -0.403. The van der Waals surface area contributed by atoms with Crippen LogP contribution >= 0.6 is 0 Å². The third-order valence-corrected chi connectivity index (χ3v) is 2.55. The van der Waals surface area contributed by atoms with Crippen LogP contribution in [0.15, 0.2) is 48.5 Å². The van der Waals surface area contributed by atoms with Gasteiger partial charge in [-0.3, -0.25) is 4.79 Å². The van der Waals surface area contributed by atoms with E-state index in [1.807, 2.05) is 0 Å². The van der Waals surface area contributed by atoms with Crippen molar-refractivity contribution >= 4 is 12.3 Å². The van der Waals surface area contributed by atoms with Crippen molar-refractivity contribution in [3.05, 3.63) is 59.7 Å². The van der Waals surface area contributed by atoms with E-state index in [9.17, 15) is 9.59 Å². The molecule has 2 aromatic carbocycles. The third-order valence-electron chi connectivity index (χ3n) is 2.55. The molecule has 0 heterocycles. The lowest BCUT2D eigenvalue weighted by atomic mass is 10.2. The Morgan fingerprint density at radius 2 is 1.74 bits per heavy atom. The topological polar surface area (TPSA) is 52.6 Å². The van der Waals surface area contributed by atoms with Crippen LogP contribution < -0.4 is 4.74 Å². The summed E-state index contributed by atoms with van der Waals surface area (Å²) in [7, 11) is 1.33. The predicted octanol–water partition coefficient (Wildman–Crippen LogP) is 3.08. The first-order valence-electron chi connectivity index (χ1n) is 5.65. The Labute approximate surface area is 110 Å². The molecule has 0 aromatic heterocycles. The van der Waals surface area contributed by atoms with Crippen molar-refractivity contribution < 1.29 is 19.1 Å². The summed E-state index contributed by atoms with van der Waals surface area (Å²) >= 11 is 0. The molecule has 0 aliphatic carbocycles. The fraction of sp³-hybridized carbons (Fsp3) is 0.0667. The number of rotatable bonds is 4. The second-order valence-electron chi connectivity index (χ2n) is 3.77. The molecule has 0 fully saturated rings. The van der Waals surface area contributed by atoms with Crippen LogP contribution in [0.2, 0.25) is 0 Å². The summed E-state index contributed by atoms with van der Waals surface area (Å²) in [6, 6.07) is 13.4. The number of hydrogen-bond donors (Lipinski definition) is 0. The van der Waals surface area contributed by atoms with Gasteiger partial charge in [0, 0.05) is 0 Å². The number of benzene rings is 2. The second-order valence-corrected chi connectivity index (χ2v) is 3.77. The summed E-state index contributed by atoms with van der Waals surface area (Å²) in [5.41, 5.74) is 0.915. The molecule has 0 unspecified atom stereocenters. The maximum Gasteiger partial charge on any atom is 0.337 e. The maximum absolute atomic E-state index is 11.3. The van der Waals surface area contributed by atoms with Crippen LogP contribution in [0, 0.1) is 0 Å². The zero-order valence-electron chi connectivity index (χ0n) is 10.3. The minimum Gasteiger partial charge on any atom is -0.465 e. The number of ether oxygens (including phenoxy) is 2. The normalized spacial score (nSPS) is 9.74. The van der Waals surface area contributed by atoms with Gasteiger partial charge in [0.15, 0.2) is 6.29 Å². The molecule has 2 aromatic rings. The van der Waals surface area contributed by atoms with Crippen LogP contribution in [0.5, 0.6) is 11.5 Å². The zero-order valence-corrected chi connectivity index (χ0v) is 10.3. The summed E-state index contributed by atoms with van der Waals surface area (Å²) in [6.45, 7) is 0. The highest BCUT2D eigenvalue weighted by molar-refractivity contribution is 5.89. The van der Waals surface area contributed by atoms with Gasteiger partial charge in [-0.15, -0.1) is 0 Å². The number of hydrogen-bond acceptors (Lipinski definition) is 4. The molecule has 0 aliphatic rings. The summed E-state index contributed by atoms with van der Waals surface area (Å²) in [6.07, 6.45) is 0.734. The summed E-state index contributed by atoms with van der Waals surface area (Å²) in [4.78, 5) is 22.1. The minimum absolute atomic E-state index is 0.403. The van der Waals surface area contributed by atoms with Crippen LogP contribution in [0.1, 0.15) is 20.7 Å². The van der Waals surface area contributed by atoms with Crippen molar-refractivity contribution in [1.82, 2.24) is 0 Å². The number of carbonyl (C=O) groups is 2. The lowest BCUT2D eigenvalue weighted by Gasteiger charge is -2.08. The van der Waals surface area contributed by atoms with E-state index in [0.29, 0.717) is 22.6 Å². The first-order chi connectivity index (χ1) is 9.24. The lowest BCUT2D eigenvalue weighted by molar-refractivity contribution is 0.0600. The Bertz CT molecular complexity index is 587. The Hall–Kier alpha value is -2.62. The average molecular weight is 256 g/mol. The number of aldehydes is 1. The van der Waals surface area contributed by atoms with Gasteiger partial charge in [0.2, 0.25) is 0 Å². The maximum atomic E-state index is 11.3.